The number of nitro groups is 1. The first kappa shape index (κ1) is 16.8. The molecule has 1 aromatic carbocycles. The van der Waals surface area contributed by atoms with Gasteiger partial charge in [-0.3, -0.25) is 25.0 Å². The average Bonchev–Trinajstić information content (AvgIpc) is 2.85. The van der Waals surface area contributed by atoms with Crippen molar-refractivity contribution in [2.75, 3.05) is 5.43 Å². The minimum atomic E-state index is -0.745. The first-order valence-corrected chi connectivity index (χ1v) is 6.89. The van der Waals surface area contributed by atoms with E-state index in [1.165, 1.54) is 16.8 Å². The molecule has 0 saturated carbocycles. The summed E-state index contributed by atoms with van der Waals surface area (Å²) < 4.78 is 1.53. The molecule has 122 valence electrons. The molecule has 0 aliphatic heterocycles. The van der Waals surface area contributed by atoms with E-state index in [0.717, 1.165) is 23.5 Å². The van der Waals surface area contributed by atoms with Gasteiger partial charge >= 0.3 is 5.69 Å². The molecular weight excluding hydrogens is 312 g/mol. The summed E-state index contributed by atoms with van der Waals surface area (Å²) in [5.41, 5.74) is 3.70. The third-order valence-electron chi connectivity index (χ3n) is 3.36. The Kier molecular flexibility index (Phi) is 4.65. The zero-order valence-corrected chi connectivity index (χ0v) is 13.0. The fourth-order valence-electron chi connectivity index (χ4n) is 2.10. The molecule has 24 heavy (non-hydrogen) atoms. The Hall–Kier alpha value is -3.60. The SMILES string of the molecule is Cc1ccc(C)n1NC(=O)/C(C#N)=C\c1ccc(O)c([N+](=O)[O-])c1. The van der Waals surface area contributed by atoms with Crippen LogP contribution in [0.4, 0.5) is 5.69 Å². The van der Waals surface area contributed by atoms with Gasteiger partial charge in [-0.05, 0) is 43.7 Å². The number of nitrogens with zero attached hydrogens (tertiary/aromatic N) is 3. The molecule has 2 N–H and O–H groups in total. The number of aromatic hydroxyl groups is 1. The fourth-order valence-corrected chi connectivity index (χ4v) is 2.10. The summed E-state index contributed by atoms with van der Waals surface area (Å²) in [5, 5.41) is 29.4. The van der Waals surface area contributed by atoms with Crippen LogP contribution in [0.3, 0.4) is 0 Å². The van der Waals surface area contributed by atoms with E-state index < -0.39 is 22.3 Å². The molecule has 0 unspecified atom stereocenters. The molecule has 0 radical (unpaired) electrons. The summed E-state index contributed by atoms with van der Waals surface area (Å²) in [5.74, 6) is -1.13. The predicted molar refractivity (Wildman–Crippen MR) is 86.6 cm³/mol. The summed E-state index contributed by atoms with van der Waals surface area (Å²) >= 11 is 0. The van der Waals surface area contributed by atoms with Gasteiger partial charge in [0.15, 0.2) is 5.75 Å². The van der Waals surface area contributed by atoms with Crippen LogP contribution >= 0.6 is 0 Å². The van der Waals surface area contributed by atoms with Crippen LogP contribution in [0, 0.1) is 35.3 Å². The van der Waals surface area contributed by atoms with Crippen LogP contribution < -0.4 is 5.43 Å². The van der Waals surface area contributed by atoms with Crippen molar-refractivity contribution >= 4 is 17.7 Å². The number of amides is 1. The van der Waals surface area contributed by atoms with E-state index >= 15 is 0 Å². The molecule has 1 heterocycles. The Bertz CT molecular complexity index is 870. The summed E-state index contributed by atoms with van der Waals surface area (Å²) in [6, 6.07) is 9.00. The molecule has 1 aromatic heterocycles. The Labute approximate surface area is 137 Å². The fraction of sp³-hybridized carbons (Fsp3) is 0.125. The number of nitro benzene ring substituents is 1. The standard InChI is InChI=1S/C16H14N4O4/c1-10-3-4-11(2)19(10)18-16(22)13(9-17)7-12-5-6-15(21)14(8-12)20(23)24/h3-8,21H,1-2H3,(H,18,22)/b13-7-. The van der Waals surface area contributed by atoms with Gasteiger partial charge in [-0.25, -0.2) is 0 Å². The number of carbonyl (C=O) groups excluding carboxylic acids is 1. The number of phenols is 1. The van der Waals surface area contributed by atoms with Gasteiger partial charge in [0.25, 0.3) is 5.91 Å². The topological polar surface area (TPSA) is 121 Å². The normalized spacial score (nSPS) is 11.0. The minimum absolute atomic E-state index is 0.220. The van der Waals surface area contributed by atoms with Gasteiger partial charge in [0.1, 0.15) is 11.6 Å². The van der Waals surface area contributed by atoms with Gasteiger partial charge in [0.2, 0.25) is 0 Å². The molecule has 2 aromatic rings. The highest BCUT2D eigenvalue weighted by molar-refractivity contribution is 6.06. The maximum absolute atomic E-state index is 12.2. The lowest BCUT2D eigenvalue weighted by Crippen LogP contribution is -2.25. The molecule has 0 aliphatic carbocycles. The molecule has 0 aliphatic rings. The summed E-state index contributed by atoms with van der Waals surface area (Å²) in [4.78, 5) is 22.3. The molecular formula is C16H14N4O4. The number of nitriles is 1. The smallest absolute Gasteiger partial charge is 0.311 e. The number of hydrogen-bond acceptors (Lipinski definition) is 5. The predicted octanol–water partition coefficient (Wildman–Crippen LogP) is 2.40. The van der Waals surface area contributed by atoms with Crippen LogP contribution in [0.15, 0.2) is 35.9 Å². The summed E-state index contributed by atoms with van der Waals surface area (Å²) in [6.07, 6.45) is 1.22. The largest absolute Gasteiger partial charge is 0.502 e. The second kappa shape index (κ2) is 6.66. The van der Waals surface area contributed by atoms with Crippen LogP contribution in [-0.2, 0) is 4.79 Å². The monoisotopic (exact) mass is 326 g/mol. The zero-order chi connectivity index (χ0) is 17.9. The number of benzene rings is 1. The third-order valence-corrected chi connectivity index (χ3v) is 3.36. The lowest BCUT2D eigenvalue weighted by Gasteiger charge is -2.10. The Balaban J connectivity index is 2.33. The molecule has 8 nitrogen and oxygen atoms in total. The van der Waals surface area contributed by atoms with Crippen molar-refractivity contribution in [3.8, 4) is 11.8 Å². The second-order valence-electron chi connectivity index (χ2n) is 5.07. The Morgan fingerprint density at radius 2 is 1.96 bits per heavy atom. The number of aryl methyl sites for hydroxylation is 2. The maximum atomic E-state index is 12.2. The van der Waals surface area contributed by atoms with Crippen molar-refractivity contribution < 1.29 is 14.8 Å². The van der Waals surface area contributed by atoms with E-state index in [0.29, 0.717) is 0 Å². The Morgan fingerprint density at radius 3 is 2.50 bits per heavy atom. The first-order chi connectivity index (χ1) is 11.3. The van der Waals surface area contributed by atoms with Gasteiger partial charge < -0.3 is 5.11 Å². The molecule has 2 rings (SSSR count). The minimum Gasteiger partial charge on any atom is -0.502 e. The second-order valence-corrected chi connectivity index (χ2v) is 5.07. The van der Waals surface area contributed by atoms with Crippen LogP contribution in [0.25, 0.3) is 6.08 Å². The van der Waals surface area contributed by atoms with Crippen LogP contribution in [0.5, 0.6) is 5.75 Å². The summed E-state index contributed by atoms with van der Waals surface area (Å²) in [7, 11) is 0. The third kappa shape index (κ3) is 3.41. The highest BCUT2D eigenvalue weighted by Gasteiger charge is 2.15. The van der Waals surface area contributed by atoms with Crippen molar-refractivity contribution in [2.24, 2.45) is 0 Å². The lowest BCUT2D eigenvalue weighted by atomic mass is 10.1. The number of rotatable bonds is 4. The number of nitrogens with one attached hydrogen (secondary N) is 1. The van der Waals surface area contributed by atoms with Crippen molar-refractivity contribution in [1.82, 2.24) is 4.68 Å². The lowest BCUT2D eigenvalue weighted by molar-refractivity contribution is -0.385. The summed E-state index contributed by atoms with van der Waals surface area (Å²) in [6.45, 7) is 3.60. The number of hydrogen-bond donors (Lipinski definition) is 2. The number of aromatic nitrogens is 1. The van der Waals surface area contributed by atoms with Gasteiger partial charge in [0.05, 0.1) is 4.92 Å². The van der Waals surface area contributed by atoms with Crippen molar-refractivity contribution in [2.45, 2.75) is 13.8 Å². The van der Waals surface area contributed by atoms with Gasteiger partial charge in [-0.1, -0.05) is 6.07 Å². The highest BCUT2D eigenvalue weighted by Crippen LogP contribution is 2.27. The van der Waals surface area contributed by atoms with Crippen LogP contribution in [0.1, 0.15) is 17.0 Å². The first-order valence-electron chi connectivity index (χ1n) is 6.89. The molecule has 0 spiro atoms. The maximum Gasteiger partial charge on any atom is 0.311 e. The van der Waals surface area contributed by atoms with E-state index in [4.69, 9.17) is 0 Å². The highest BCUT2D eigenvalue weighted by atomic mass is 16.6. The van der Waals surface area contributed by atoms with Crippen LogP contribution in [0.2, 0.25) is 0 Å². The van der Waals surface area contributed by atoms with E-state index in [1.54, 1.807) is 19.9 Å². The number of carbonyl (C=O) groups is 1. The molecule has 0 atom stereocenters. The van der Waals surface area contributed by atoms with Gasteiger partial charge in [-0.15, -0.1) is 0 Å². The number of phenolic OH excluding ortho intramolecular Hbond substituents is 1. The van der Waals surface area contributed by atoms with E-state index in [-0.39, 0.29) is 11.1 Å². The molecule has 0 fully saturated rings. The Morgan fingerprint density at radius 1 is 1.33 bits per heavy atom. The molecule has 1 amide bonds. The van der Waals surface area contributed by atoms with E-state index in [9.17, 15) is 25.3 Å². The average molecular weight is 326 g/mol. The van der Waals surface area contributed by atoms with Crippen molar-refractivity contribution in [1.29, 1.82) is 5.26 Å². The van der Waals surface area contributed by atoms with E-state index in [2.05, 4.69) is 5.43 Å². The van der Waals surface area contributed by atoms with Gasteiger partial charge in [0, 0.05) is 17.5 Å². The quantitative estimate of drug-likeness (QED) is 0.387. The van der Waals surface area contributed by atoms with E-state index in [1.807, 2.05) is 12.1 Å². The van der Waals surface area contributed by atoms with Crippen molar-refractivity contribution in [3.05, 3.63) is 63.0 Å². The van der Waals surface area contributed by atoms with Gasteiger partial charge in [-0.2, -0.15) is 5.26 Å². The molecule has 0 bridgehead atoms. The van der Waals surface area contributed by atoms with Crippen molar-refractivity contribution in [3.63, 3.8) is 0 Å². The van der Waals surface area contributed by atoms with Crippen LogP contribution in [-0.4, -0.2) is 20.6 Å². The zero-order valence-electron chi connectivity index (χ0n) is 13.0. The molecule has 0 saturated heterocycles. The molecule has 8 heteroatoms.